The highest BCUT2D eigenvalue weighted by atomic mass is 79.9. The Kier molecular flexibility index (Phi) is 4.57. The van der Waals surface area contributed by atoms with Crippen LogP contribution in [0, 0.1) is 0 Å². The second-order valence-corrected chi connectivity index (χ2v) is 8.06. The highest BCUT2D eigenvalue weighted by molar-refractivity contribution is 9.12. The lowest BCUT2D eigenvalue weighted by molar-refractivity contribution is 0.555. The zero-order valence-electron chi connectivity index (χ0n) is 8.24. The number of nitrogens with two attached hydrogens (primary N) is 1. The molecule has 0 saturated carbocycles. The first-order chi connectivity index (χ1) is 7.70. The Bertz CT molecular complexity index is 453. The summed E-state index contributed by atoms with van der Waals surface area (Å²) in [6.45, 7) is 0. The van der Waals surface area contributed by atoms with E-state index in [0.29, 0.717) is 0 Å². The highest BCUT2D eigenvalue weighted by Crippen LogP contribution is 2.36. The molecule has 0 amide bonds. The van der Waals surface area contributed by atoms with Gasteiger partial charge in [-0.05, 0) is 54.9 Å². The van der Waals surface area contributed by atoms with Crippen molar-refractivity contribution in [2.45, 2.75) is 12.5 Å². The molecule has 0 bridgehead atoms. The van der Waals surface area contributed by atoms with Crippen LogP contribution in [0.4, 0.5) is 0 Å². The number of hydrogen-bond acceptors (Lipinski definition) is 4. The third-order valence-corrected chi connectivity index (χ3v) is 5.53. The van der Waals surface area contributed by atoms with Crippen LogP contribution < -0.4 is 11.3 Å². The van der Waals surface area contributed by atoms with Crippen molar-refractivity contribution in [3.63, 3.8) is 0 Å². The molecule has 0 aliphatic rings. The molecule has 0 spiro atoms. The molecule has 0 saturated heterocycles. The smallest absolute Gasteiger partial charge is 0.0758 e. The summed E-state index contributed by atoms with van der Waals surface area (Å²) >= 11 is 10.5. The van der Waals surface area contributed by atoms with Gasteiger partial charge in [0.2, 0.25) is 0 Å². The van der Waals surface area contributed by atoms with Crippen molar-refractivity contribution < 1.29 is 0 Å². The van der Waals surface area contributed by atoms with Crippen molar-refractivity contribution in [2.75, 3.05) is 0 Å². The van der Waals surface area contributed by atoms with E-state index >= 15 is 0 Å². The number of thiophene rings is 2. The van der Waals surface area contributed by atoms with Crippen LogP contribution >= 0.6 is 54.5 Å². The normalized spacial score (nSPS) is 12.9. The summed E-state index contributed by atoms with van der Waals surface area (Å²) in [7, 11) is 0. The van der Waals surface area contributed by atoms with Crippen LogP contribution in [0.3, 0.4) is 0 Å². The predicted molar refractivity (Wildman–Crippen MR) is 77.8 cm³/mol. The van der Waals surface area contributed by atoms with Gasteiger partial charge in [-0.2, -0.15) is 0 Å². The summed E-state index contributed by atoms with van der Waals surface area (Å²) < 4.78 is 2.24. The van der Waals surface area contributed by atoms with Crippen LogP contribution in [0.2, 0.25) is 0 Å². The van der Waals surface area contributed by atoms with Crippen LogP contribution in [0.15, 0.2) is 31.2 Å². The quantitative estimate of drug-likeness (QED) is 0.618. The maximum absolute atomic E-state index is 5.62. The minimum absolute atomic E-state index is 0.149. The van der Waals surface area contributed by atoms with Gasteiger partial charge in [0.25, 0.3) is 0 Å². The number of hydrogen-bond donors (Lipinski definition) is 2. The van der Waals surface area contributed by atoms with E-state index in [1.807, 2.05) is 0 Å². The number of nitrogens with one attached hydrogen (secondary N) is 1. The van der Waals surface area contributed by atoms with E-state index in [0.717, 1.165) is 14.0 Å². The molecule has 0 aliphatic heterocycles. The van der Waals surface area contributed by atoms with Gasteiger partial charge in [-0.3, -0.25) is 11.3 Å². The van der Waals surface area contributed by atoms with Gasteiger partial charge in [0.05, 0.1) is 13.6 Å². The van der Waals surface area contributed by atoms with Gasteiger partial charge in [-0.25, -0.2) is 0 Å². The molecule has 2 aromatic heterocycles. The van der Waals surface area contributed by atoms with Gasteiger partial charge in [-0.1, -0.05) is 6.07 Å². The molecular formula is C10H10Br2N2S2. The van der Waals surface area contributed by atoms with Crippen molar-refractivity contribution in [2.24, 2.45) is 5.84 Å². The number of halogens is 2. The van der Waals surface area contributed by atoms with Crippen LogP contribution in [-0.2, 0) is 6.42 Å². The fourth-order valence-electron chi connectivity index (χ4n) is 1.48. The fourth-order valence-corrected chi connectivity index (χ4v) is 5.21. The first kappa shape index (κ1) is 12.7. The zero-order chi connectivity index (χ0) is 11.5. The SMILES string of the molecule is NNC(Cc1cccs1)c1cc(Br)sc1Br. The van der Waals surface area contributed by atoms with Crippen molar-refractivity contribution >= 4 is 54.5 Å². The summed E-state index contributed by atoms with van der Waals surface area (Å²) in [6, 6.07) is 6.44. The molecule has 2 rings (SSSR count). The first-order valence-corrected chi connectivity index (χ1v) is 7.92. The van der Waals surface area contributed by atoms with Crippen LogP contribution in [0.5, 0.6) is 0 Å². The first-order valence-electron chi connectivity index (χ1n) is 4.64. The largest absolute Gasteiger partial charge is 0.271 e. The Morgan fingerprint density at radius 1 is 1.44 bits per heavy atom. The molecule has 2 aromatic rings. The maximum Gasteiger partial charge on any atom is 0.0758 e. The lowest BCUT2D eigenvalue weighted by atomic mass is 10.1. The van der Waals surface area contributed by atoms with Crippen molar-refractivity contribution in [1.82, 2.24) is 5.43 Å². The second kappa shape index (κ2) is 5.75. The van der Waals surface area contributed by atoms with E-state index in [1.54, 1.807) is 22.7 Å². The molecule has 16 heavy (non-hydrogen) atoms. The lowest BCUT2D eigenvalue weighted by Crippen LogP contribution is -2.29. The van der Waals surface area contributed by atoms with Gasteiger partial charge in [-0.15, -0.1) is 22.7 Å². The molecule has 86 valence electrons. The van der Waals surface area contributed by atoms with Gasteiger partial charge in [0, 0.05) is 11.3 Å². The number of rotatable bonds is 4. The van der Waals surface area contributed by atoms with Gasteiger partial charge in [0.15, 0.2) is 0 Å². The van der Waals surface area contributed by atoms with E-state index in [-0.39, 0.29) is 6.04 Å². The molecule has 1 unspecified atom stereocenters. The standard InChI is InChI=1S/C10H10Br2N2S2/c11-9-5-7(10(12)16-9)8(14-13)4-6-2-1-3-15-6/h1-3,5,8,14H,4,13H2. The summed E-state index contributed by atoms with van der Waals surface area (Å²) in [5.41, 5.74) is 4.07. The fraction of sp³-hybridized carbons (Fsp3) is 0.200. The Labute approximate surface area is 119 Å². The van der Waals surface area contributed by atoms with Crippen molar-refractivity contribution in [3.05, 3.63) is 41.6 Å². The topological polar surface area (TPSA) is 38.0 Å². The Hall–Kier alpha value is 0.280. The molecule has 0 aliphatic carbocycles. The minimum atomic E-state index is 0.149. The van der Waals surface area contributed by atoms with Crippen LogP contribution in [0.1, 0.15) is 16.5 Å². The van der Waals surface area contributed by atoms with E-state index in [1.165, 1.54) is 10.4 Å². The Morgan fingerprint density at radius 2 is 2.25 bits per heavy atom. The molecule has 2 nitrogen and oxygen atoms in total. The molecule has 1 atom stereocenters. The van der Waals surface area contributed by atoms with E-state index < -0.39 is 0 Å². The van der Waals surface area contributed by atoms with Crippen LogP contribution in [-0.4, -0.2) is 0 Å². The lowest BCUT2D eigenvalue weighted by Gasteiger charge is -2.14. The number of hydrazine groups is 1. The average Bonchev–Trinajstić information content (AvgIpc) is 2.85. The van der Waals surface area contributed by atoms with E-state index in [9.17, 15) is 0 Å². The summed E-state index contributed by atoms with van der Waals surface area (Å²) in [5.74, 6) is 5.62. The molecule has 0 aromatic carbocycles. The summed E-state index contributed by atoms with van der Waals surface area (Å²) in [4.78, 5) is 1.33. The maximum atomic E-state index is 5.62. The zero-order valence-corrected chi connectivity index (χ0v) is 13.0. The molecular weight excluding hydrogens is 372 g/mol. The summed E-state index contributed by atoms with van der Waals surface area (Å²) in [5, 5.41) is 2.08. The molecule has 2 heterocycles. The van der Waals surface area contributed by atoms with Crippen molar-refractivity contribution in [3.8, 4) is 0 Å². The second-order valence-electron chi connectivity index (χ2n) is 3.28. The molecule has 0 radical (unpaired) electrons. The Morgan fingerprint density at radius 3 is 2.75 bits per heavy atom. The molecule has 0 fully saturated rings. The Balaban J connectivity index is 2.19. The summed E-state index contributed by atoms with van der Waals surface area (Å²) in [6.07, 6.45) is 0.913. The van der Waals surface area contributed by atoms with E-state index in [2.05, 4.69) is 60.9 Å². The minimum Gasteiger partial charge on any atom is -0.271 e. The molecule has 6 heteroatoms. The monoisotopic (exact) mass is 380 g/mol. The predicted octanol–water partition coefficient (Wildman–Crippen LogP) is 4.08. The third kappa shape index (κ3) is 2.94. The van der Waals surface area contributed by atoms with Gasteiger partial charge in [0.1, 0.15) is 0 Å². The third-order valence-electron chi connectivity index (χ3n) is 2.25. The van der Waals surface area contributed by atoms with Gasteiger partial charge >= 0.3 is 0 Å². The van der Waals surface area contributed by atoms with Crippen LogP contribution in [0.25, 0.3) is 0 Å². The molecule has 3 N–H and O–H groups in total. The highest BCUT2D eigenvalue weighted by Gasteiger charge is 2.16. The van der Waals surface area contributed by atoms with Gasteiger partial charge < -0.3 is 0 Å². The average molecular weight is 382 g/mol. The van der Waals surface area contributed by atoms with Crippen molar-refractivity contribution in [1.29, 1.82) is 0 Å². The van der Waals surface area contributed by atoms with E-state index in [4.69, 9.17) is 5.84 Å².